The second kappa shape index (κ2) is 10.3. The Balaban J connectivity index is 0.00000288. The summed E-state index contributed by atoms with van der Waals surface area (Å²) in [5, 5.41) is 5.90. The summed E-state index contributed by atoms with van der Waals surface area (Å²) >= 11 is 3.49. The van der Waals surface area contributed by atoms with Gasteiger partial charge in [0.05, 0.1) is 4.47 Å². The molecule has 0 saturated carbocycles. The summed E-state index contributed by atoms with van der Waals surface area (Å²) in [4.78, 5) is 12.0. The van der Waals surface area contributed by atoms with Crippen molar-refractivity contribution in [2.24, 2.45) is 5.92 Å². The van der Waals surface area contributed by atoms with E-state index >= 15 is 0 Å². The Morgan fingerprint density at radius 3 is 2.54 bits per heavy atom. The van der Waals surface area contributed by atoms with Gasteiger partial charge in [0.1, 0.15) is 12.4 Å². The predicted molar refractivity (Wildman–Crippen MR) is 104 cm³/mol. The van der Waals surface area contributed by atoms with Gasteiger partial charge in [-0.25, -0.2) is 0 Å². The van der Waals surface area contributed by atoms with Crippen molar-refractivity contribution in [1.29, 1.82) is 0 Å². The molecule has 0 aromatic heterocycles. The number of nitrogens with one attached hydrogen (secondary N) is 2. The monoisotopic (exact) mass is 412 g/mol. The lowest BCUT2D eigenvalue weighted by Gasteiger charge is -2.13. The van der Waals surface area contributed by atoms with Gasteiger partial charge in [0.15, 0.2) is 0 Å². The predicted octanol–water partition coefficient (Wildman–Crippen LogP) is 4.24. The summed E-state index contributed by atoms with van der Waals surface area (Å²) in [6.45, 7) is 3.04. The van der Waals surface area contributed by atoms with Crippen LogP contribution in [0.1, 0.15) is 12.5 Å². The van der Waals surface area contributed by atoms with Gasteiger partial charge in [0.2, 0.25) is 5.91 Å². The third-order valence-electron chi connectivity index (χ3n) is 3.39. The standard InChI is InChI=1S/C18H21BrN2O2.ClH/c1-13(11-20-2)18(22)21-15-8-9-17(16(19)10-15)23-12-14-6-4-3-5-7-14;/h3-10,13,20H,11-12H2,1-2H3,(H,21,22);1H. The molecule has 0 bridgehead atoms. The number of benzene rings is 2. The number of hydrogen-bond acceptors (Lipinski definition) is 3. The molecule has 4 nitrogen and oxygen atoms in total. The topological polar surface area (TPSA) is 50.4 Å². The lowest BCUT2D eigenvalue weighted by molar-refractivity contribution is -0.119. The molecular weight excluding hydrogens is 392 g/mol. The molecular formula is C18H22BrClN2O2. The van der Waals surface area contributed by atoms with Crippen molar-refractivity contribution in [3.05, 3.63) is 58.6 Å². The highest BCUT2D eigenvalue weighted by Crippen LogP contribution is 2.29. The first kappa shape index (κ1) is 20.5. The van der Waals surface area contributed by atoms with Crippen LogP contribution in [0.3, 0.4) is 0 Å². The van der Waals surface area contributed by atoms with E-state index in [2.05, 4.69) is 26.6 Å². The molecule has 0 saturated heterocycles. The third-order valence-corrected chi connectivity index (χ3v) is 4.01. The minimum Gasteiger partial charge on any atom is -0.488 e. The van der Waals surface area contributed by atoms with Gasteiger partial charge in [-0.3, -0.25) is 4.79 Å². The maximum atomic E-state index is 12.0. The van der Waals surface area contributed by atoms with Crippen LogP contribution >= 0.6 is 28.3 Å². The molecule has 130 valence electrons. The summed E-state index contributed by atoms with van der Waals surface area (Å²) in [5.41, 5.74) is 1.86. The number of amides is 1. The van der Waals surface area contributed by atoms with Gasteiger partial charge in [0, 0.05) is 18.2 Å². The van der Waals surface area contributed by atoms with Crippen LogP contribution in [0.15, 0.2) is 53.0 Å². The summed E-state index contributed by atoms with van der Waals surface area (Å²) in [6.07, 6.45) is 0. The highest BCUT2D eigenvalue weighted by atomic mass is 79.9. The van der Waals surface area contributed by atoms with E-state index in [4.69, 9.17) is 4.74 Å². The Morgan fingerprint density at radius 1 is 1.21 bits per heavy atom. The largest absolute Gasteiger partial charge is 0.488 e. The van der Waals surface area contributed by atoms with Gasteiger partial charge in [-0.15, -0.1) is 12.4 Å². The van der Waals surface area contributed by atoms with Crippen molar-refractivity contribution < 1.29 is 9.53 Å². The number of rotatable bonds is 7. The normalized spacial score (nSPS) is 11.3. The van der Waals surface area contributed by atoms with Crippen LogP contribution in [0.2, 0.25) is 0 Å². The smallest absolute Gasteiger partial charge is 0.228 e. The number of carbonyl (C=O) groups excluding carboxylic acids is 1. The lowest BCUT2D eigenvalue weighted by Crippen LogP contribution is -2.28. The number of ether oxygens (including phenoxy) is 1. The SMILES string of the molecule is CNCC(C)C(=O)Nc1ccc(OCc2ccccc2)c(Br)c1.Cl. The zero-order chi connectivity index (χ0) is 16.7. The minimum absolute atomic E-state index is 0. The van der Waals surface area contributed by atoms with Crippen molar-refractivity contribution in [3.8, 4) is 5.75 Å². The molecule has 0 heterocycles. The van der Waals surface area contributed by atoms with Crippen LogP contribution in [0.5, 0.6) is 5.75 Å². The molecule has 2 N–H and O–H groups in total. The molecule has 2 aromatic rings. The Labute approximate surface area is 157 Å². The molecule has 0 aliphatic heterocycles. The number of hydrogen-bond donors (Lipinski definition) is 2. The second-order valence-corrected chi connectivity index (χ2v) is 6.22. The summed E-state index contributed by atoms with van der Waals surface area (Å²) in [6, 6.07) is 15.5. The van der Waals surface area contributed by atoms with Crippen LogP contribution in [-0.4, -0.2) is 19.5 Å². The average Bonchev–Trinajstić information content (AvgIpc) is 2.55. The van der Waals surface area contributed by atoms with Gasteiger partial charge in [-0.1, -0.05) is 37.3 Å². The molecule has 1 atom stereocenters. The zero-order valence-corrected chi connectivity index (χ0v) is 16.1. The first-order chi connectivity index (χ1) is 11.1. The molecule has 0 spiro atoms. The van der Waals surface area contributed by atoms with E-state index in [1.54, 1.807) is 0 Å². The minimum atomic E-state index is -0.0900. The van der Waals surface area contributed by atoms with Crippen LogP contribution in [0.4, 0.5) is 5.69 Å². The summed E-state index contributed by atoms with van der Waals surface area (Å²) < 4.78 is 6.61. The van der Waals surface area contributed by atoms with E-state index in [-0.39, 0.29) is 24.2 Å². The number of halogens is 2. The molecule has 2 aromatic carbocycles. The Bertz CT molecular complexity index is 653. The quantitative estimate of drug-likeness (QED) is 0.713. The fourth-order valence-corrected chi connectivity index (χ4v) is 2.59. The molecule has 0 aliphatic rings. The van der Waals surface area contributed by atoms with Gasteiger partial charge >= 0.3 is 0 Å². The maximum absolute atomic E-state index is 12.0. The van der Waals surface area contributed by atoms with Crippen molar-refractivity contribution in [2.45, 2.75) is 13.5 Å². The van der Waals surface area contributed by atoms with E-state index in [1.165, 1.54) is 0 Å². The van der Waals surface area contributed by atoms with E-state index in [0.29, 0.717) is 13.2 Å². The molecule has 6 heteroatoms. The molecule has 0 fully saturated rings. The van der Waals surface area contributed by atoms with Crippen LogP contribution in [0.25, 0.3) is 0 Å². The molecule has 0 aliphatic carbocycles. The second-order valence-electron chi connectivity index (χ2n) is 5.37. The van der Waals surface area contributed by atoms with Crippen molar-refractivity contribution in [2.75, 3.05) is 18.9 Å². The third kappa shape index (κ3) is 6.15. The number of carbonyl (C=O) groups is 1. The first-order valence-electron chi connectivity index (χ1n) is 7.52. The van der Waals surface area contributed by atoms with Crippen molar-refractivity contribution in [3.63, 3.8) is 0 Å². The molecule has 1 unspecified atom stereocenters. The molecule has 24 heavy (non-hydrogen) atoms. The Morgan fingerprint density at radius 2 is 1.92 bits per heavy atom. The Kier molecular flexibility index (Phi) is 8.82. The van der Waals surface area contributed by atoms with Crippen molar-refractivity contribution >= 4 is 39.9 Å². The van der Waals surface area contributed by atoms with E-state index in [9.17, 15) is 4.79 Å². The van der Waals surface area contributed by atoms with Crippen LogP contribution in [0, 0.1) is 5.92 Å². The fourth-order valence-electron chi connectivity index (χ4n) is 2.10. The van der Waals surface area contributed by atoms with Crippen LogP contribution in [-0.2, 0) is 11.4 Å². The molecule has 2 rings (SSSR count). The Hall–Kier alpha value is -1.56. The van der Waals surface area contributed by atoms with E-state index in [1.807, 2.05) is 62.5 Å². The van der Waals surface area contributed by atoms with E-state index in [0.717, 1.165) is 21.5 Å². The van der Waals surface area contributed by atoms with Crippen LogP contribution < -0.4 is 15.4 Å². The molecule has 0 radical (unpaired) electrons. The highest BCUT2D eigenvalue weighted by Gasteiger charge is 2.12. The van der Waals surface area contributed by atoms with Gasteiger partial charge in [-0.2, -0.15) is 0 Å². The fraction of sp³-hybridized carbons (Fsp3) is 0.278. The summed E-state index contributed by atoms with van der Waals surface area (Å²) in [5.74, 6) is 0.645. The first-order valence-corrected chi connectivity index (χ1v) is 8.31. The summed E-state index contributed by atoms with van der Waals surface area (Å²) in [7, 11) is 1.83. The number of anilines is 1. The lowest BCUT2D eigenvalue weighted by atomic mass is 10.1. The van der Waals surface area contributed by atoms with E-state index < -0.39 is 0 Å². The van der Waals surface area contributed by atoms with Crippen molar-refractivity contribution in [1.82, 2.24) is 5.32 Å². The van der Waals surface area contributed by atoms with Gasteiger partial charge in [-0.05, 0) is 46.7 Å². The van der Waals surface area contributed by atoms with Gasteiger partial charge < -0.3 is 15.4 Å². The average molecular weight is 414 g/mol. The molecule has 1 amide bonds. The zero-order valence-electron chi connectivity index (χ0n) is 13.7. The van der Waals surface area contributed by atoms with Gasteiger partial charge in [0.25, 0.3) is 0 Å². The highest BCUT2D eigenvalue weighted by molar-refractivity contribution is 9.10. The maximum Gasteiger partial charge on any atom is 0.228 e.